The zero-order valence-corrected chi connectivity index (χ0v) is 19.9. The number of fused-ring (bicyclic) bond motifs is 2. The van der Waals surface area contributed by atoms with E-state index in [-0.39, 0.29) is 10.8 Å². The Balaban J connectivity index is 1.34. The minimum absolute atomic E-state index is 0.0772. The van der Waals surface area contributed by atoms with Crippen LogP contribution in [0, 0.1) is 0 Å². The molecular formula is C22H20N6OS3. The molecule has 162 valence electrons. The Morgan fingerprint density at radius 3 is 2.66 bits per heavy atom. The van der Waals surface area contributed by atoms with Gasteiger partial charge in [-0.2, -0.15) is 0 Å². The summed E-state index contributed by atoms with van der Waals surface area (Å²) in [6.07, 6.45) is 0. The van der Waals surface area contributed by atoms with E-state index in [2.05, 4.69) is 42.7 Å². The molecule has 0 saturated carbocycles. The first-order valence-electron chi connectivity index (χ1n) is 10.2. The summed E-state index contributed by atoms with van der Waals surface area (Å²) in [6, 6.07) is 15.5. The lowest BCUT2D eigenvalue weighted by molar-refractivity contribution is 0.657. The molecule has 5 rings (SSSR count). The van der Waals surface area contributed by atoms with Gasteiger partial charge in [-0.1, -0.05) is 47.8 Å². The molecule has 0 aliphatic heterocycles. The van der Waals surface area contributed by atoms with E-state index >= 15 is 0 Å². The number of thiazole rings is 1. The first-order valence-corrected chi connectivity index (χ1v) is 12.9. The molecule has 0 fully saturated rings. The Morgan fingerprint density at radius 2 is 1.84 bits per heavy atom. The fourth-order valence-corrected chi connectivity index (χ4v) is 6.38. The van der Waals surface area contributed by atoms with Crippen molar-refractivity contribution in [1.82, 2.24) is 29.7 Å². The lowest BCUT2D eigenvalue weighted by Crippen LogP contribution is -2.13. The first-order chi connectivity index (χ1) is 15.6. The maximum absolute atomic E-state index is 12.4. The molecule has 0 spiro atoms. The molecule has 0 aliphatic carbocycles. The molecule has 7 nitrogen and oxygen atoms in total. The number of nitrogens with zero attached hydrogens (tertiary/aromatic N) is 5. The maximum atomic E-state index is 12.4. The minimum Gasteiger partial charge on any atom is -0.309 e. The van der Waals surface area contributed by atoms with Crippen molar-refractivity contribution in [2.45, 2.75) is 40.9 Å². The number of rotatable bonds is 7. The van der Waals surface area contributed by atoms with Gasteiger partial charge in [-0.15, -0.1) is 21.5 Å². The van der Waals surface area contributed by atoms with Gasteiger partial charge in [-0.3, -0.25) is 4.79 Å². The first kappa shape index (κ1) is 21.2. The molecule has 0 saturated heterocycles. The van der Waals surface area contributed by atoms with Crippen LogP contribution in [-0.2, 0) is 12.3 Å². The van der Waals surface area contributed by atoms with Crippen LogP contribution in [0.5, 0.6) is 0 Å². The third-order valence-corrected chi connectivity index (χ3v) is 8.27. The van der Waals surface area contributed by atoms with Gasteiger partial charge in [0.1, 0.15) is 11.6 Å². The van der Waals surface area contributed by atoms with Crippen LogP contribution in [0.3, 0.4) is 0 Å². The third kappa shape index (κ3) is 4.17. The number of thioether (sulfide) groups is 2. The van der Waals surface area contributed by atoms with Crippen molar-refractivity contribution in [2.24, 2.45) is 0 Å². The van der Waals surface area contributed by atoms with E-state index < -0.39 is 0 Å². The largest absolute Gasteiger partial charge is 0.309 e. The van der Waals surface area contributed by atoms with E-state index in [0.29, 0.717) is 22.5 Å². The predicted octanol–water partition coefficient (Wildman–Crippen LogP) is 5.29. The highest BCUT2D eigenvalue weighted by Crippen LogP contribution is 2.34. The van der Waals surface area contributed by atoms with Gasteiger partial charge in [-0.25, -0.2) is 9.97 Å². The van der Waals surface area contributed by atoms with Gasteiger partial charge < -0.3 is 9.55 Å². The predicted molar refractivity (Wildman–Crippen MR) is 132 cm³/mol. The molecule has 0 radical (unpaired) electrons. The van der Waals surface area contributed by atoms with Crippen molar-refractivity contribution in [3.8, 4) is 0 Å². The SMILES string of the molecule is CCn1c(CSc2nc3ccccc3s2)nnc1SC(C)c1nc2ccccc2c(=O)[nH]1. The summed E-state index contributed by atoms with van der Waals surface area (Å²) in [7, 11) is 0. The van der Waals surface area contributed by atoms with Gasteiger partial charge in [0.25, 0.3) is 5.56 Å². The lowest BCUT2D eigenvalue weighted by Gasteiger charge is -2.12. The Morgan fingerprint density at radius 1 is 1.06 bits per heavy atom. The van der Waals surface area contributed by atoms with E-state index in [9.17, 15) is 4.79 Å². The van der Waals surface area contributed by atoms with Crippen LogP contribution in [0.25, 0.3) is 21.1 Å². The molecule has 10 heteroatoms. The van der Waals surface area contributed by atoms with Crippen LogP contribution >= 0.6 is 34.9 Å². The summed E-state index contributed by atoms with van der Waals surface area (Å²) in [6.45, 7) is 4.86. The second kappa shape index (κ2) is 9.05. The molecule has 32 heavy (non-hydrogen) atoms. The number of H-pyrrole nitrogens is 1. The van der Waals surface area contributed by atoms with Crippen LogP contribution in [0.15, 0.2) is 62.8 Å². The number of aromatic nitrogens is 6. The normalized spacial score (nSPS) is 12.6. The highest BCUT2D eigenvalue weighted by atomic mass is 32.2. The Kier molecular flexibility index (Phi) is 5.99. The second-order valence-corrected chi connectivity index (χ2v) is 10.7. The van der Waals surface area contributed by atoms with E-state index in [4.69, 9.17) is 0 Å². The molecule has 1 unspecified atom stereocenters. The van der Waals surface area contributed by atoms with Crippen molar-refractivity contribution < 1.29 is 0 Å². The summed E-state index contributed by atoms with van der Waals surface area (Å²) in [5, 5.41) is 10.2. The summed E-state index contributed by atoms with van der Waals surface area (Å²) in [4.78, 5) is 24.7. The molecule has 0 amide bonds. The van der Waals surface area contributed by atoms with Crippen molar-refractivity contribution in [3.63, 3.8) is 0 Å². The Hall–Kier alpha value is -2.69. The molecule has 0 aliphatic rings. The Bertz CT molecular complexity index is 1420. The zero-order chi connectivity index (χ0) is 22.1. The fraction of sp³-hybridized carbons (Fsp3) is 0.227. The van der Waals surface area contributed by atoms with Crippen LogP contribution in [0.4, 0.5) is 0 Å². The molecular weight excluding hydrogens is 460 g/mol. The van der Waals surface area contributed by atoms with Gasteiger partial charge in [0.15, 0.2) is 9.50 Å². The van der Waals surface area contributed by atoms with Crippen LogP contribution in [0.1, 0.15) is 30.7 Å². The van der Waals surface area contributed by atoms with E-state index in [1.165, 1.54) is 4.70 Å². The van der Waals surface area contributed by atoms with Crippen LogP contribution in [-0.4, -0.2) is 29.7 Å². The van der Waals surface area contributed by atoms with Gasteiger partial charge in [0.05, 0.1) is 32.1 Å². The summed E-state index contributed by atoms with van der Waals surface area (Å²) in [5.74, 6) is 2.24. The zero-order valence-electron chi connectivity index (χ0n) is 17.5. The number of aromatic amines is 1. The highest BCUT2D eigenvalue weighted by Gasteiger charge is 2.18. The molecule has 1 N–H and O–H groups in total. The second-order valence-electron chi connectivity index (χ2n) is 7.11. The van der Waals surface area contributed by atoms with Crippen molar-refractivity contribution in [3.05, 3.63) is 70.5 Å². The standard InChI is InChI=1S/C22H20N6OS3/c1-3-28-18(12-30-22-24-16-10-6-7-11-17(16)32-22)26-27-21(28)31-13(2)19-23-15-9-5-4-8-14(15)20(29)25-19/h4-11,13H,3,12H2,1-2H3,(H,23,25,29). The number of para-hydroxylation sites is 2. The molecule has 5 aromatic rings. The highest BCUT2D eigenvalue weighted by molar-refractivity contribution is 8.00. The minimum atomic E-state index is -0.122. The topological polar surface area (TPSA) is 89.3 Å². The smallest absolute Gasteiger partial charge is 0.258 e. The van der Waals surface area contributed by atoms with Crippen LogP contribution in [0.2, 0.25) is 0 Å². The lowest BCUT2D eigenvalue weighted by atomic mass is 10.2. The molecule has 3 aromatic heterocycles. The van der Waals surface area contributed by atoms with Crippen molar-refractivity contribution in [1.29, 1.82) is 0 Å². The van der Waals surface area contributed by atoms with Gasteiger partial charge in [0, 0.05) is 6.54 Å². The average molecular weight is 481 g/mol. The van der Waals surface area contributed by atoms with E-state index in [1.54, 1.807) is 40.9 Å². The van der Waals surface area contributed by atoms with E-state index in [0.717, 1.165) is 27.4 Å². The third-order valence-electron chi connectivity index (χ3n) is 5.01. The van der Waals surface area contributed by atoms with Crippen LogP contribution < -0.4 is 5.56 Å². The van der Waals surface area contributed by atoms with Gasteiger partial charge in [-0.05, 0) is 38.1 Å². The molecule has 0 bridgehead atoms. The number of hydrogen-bond donors (Lipinski definition) is 1. The number of benzene rings is 2. The van der Waals surface area contributed by atoms with Gasteiger partial charge in [0.2, 0.25) is 0 Å². The summed E-state index contributed by atoms with van der Waals surface area (Å²) in [5.41, 5.74) is 1.60. The monoisotopic (exact) mass is 480 g/mol. The number of hydrogen-bond acceptors (Lipinski definition) is 8. The van der Waals surface area contributed by atoms with E-state index in [1.807, 2.05) is 43.3 Å². The molecule has 1 atom stereocenters. The fourth-order valence-electron chi connectivity index (χ4n) is 3.38. The van der Waals surface area contributed by atoms with Crippen molar-refractivity contribution >= 4 is 56.0 Å². The average Bonchev–Trinajstić information content (AvgIpc) is 3.40. The van der Waals surface area contributed by atoms with Gasteiger partial charge >= 0.3 is 0 Å². The molecule has 3 heterocycles. The Labute approximate surface area is 196 Å². The summed E-state index contributed by atoms with van der Waals surface area (Å²) >= 11 is 4.92. The molecule has 2 aromatic carbocycles. The van der Waals surface area contributed by atoms with Crippen molar-refractivity contribution in [2.75, 3.05) is 0 Å². The number of nitrogens with one attached hydrogen (secondary N) is 1. The maximum Gasteiger partial charge on any atom is 0.258 e. The summed E-state index contributed by atoms with van der Waals surface area (Å²) < 4.78 is 4.33. The quantitative estimate of drug-likeness (QED) is 0.317.